The van der Waals surface area contributed by atoms with Gasteiger partial charge in [-0.2, -0.15) is 10.1 Å². The van der Waals surface area contributed by atoms with E-state index in [1.807, 2.05) is 30.8 Å². The van der Waals surface area contributed by atoms with E-state index >= 15 is 0 Å². The average Bonchev–Trinajstić information content (AvgIpc) is 3.00. The van der Waals surface area contributed by atoms with Crippen molar-refractivity contribution in [1.29, 1.82) is 0 Å². The molecular weight excluding hydrogens is 332 g/mol. The number of hydrogen-bond donors (Lipinski definition) is 1. The summed E-state index contributed by atoms with van der Waals surface area (Å²) in [7, 11) is 1.60. The van der Waals surface area contributed by atoms with Crippen LogP contribution < -0.4 is 10.1 Å². The van der Waals surface area contributed by atoms with Gasteiger partial charge in [-0.15, -0.1) is 0 Å². The number of nitrogens with one attached hydrogen (secondary N) is 1. The summed E-state index contributed by atoms with van der Waals surface area (Å²) in [5.41, 5.74) is 3.65. The van der Waals surface area contributed by atoms with Crippen LogP contribution in [0, 0.1) is 13.8 Å². The van der Waals surface area contributed by atoms with Gasteiger partial charge in [0.05, 0.1) is 36.1 Å². The first-order chi connectivity index (χ1) is 12.7. The summed E-state index contributed by atoms with van der Waals surface area (Å²) in [4.78, 5) is 13.4. The molecule has 0 aliphatic carbocycles. The van der Waals surface area contributed by atoms with Gasteiger partial charge in [-0.1, -0.05) is 0 Å². The predicted octanol–water partition coefficient (Wildman–Crippen LogP) is 2.94. The van der Waals surface area contributed by atoms with Crippen LogP contribution >= 0.6 is 0 Å². The largest absolute Gasteiger partial charge is 0.481 e. The molecule has 1 N–H and O–H groups in total. The van der Waals surface area contributed by atoms with Crippen molar-refractivity contribution in [1.82, 2.24) is 24.7 Å². The van der Waals surface area contributed by atoms with E-state index in [2.05, 4.69) is 15.3 Å². The monoisotopic (exact) mass is 354 g/mol. The molecule has 0 spiro atoms. The molecule has 0 saturated carbocycles. The molecule has 1 aliphatic heterocycles. The van der Waals surface area contributed by atoms with Crippen molar-refractivity contribution in [2.75, 3.05) is 25.6 Å². The summed E-state index contributed by atoms with van der Waals surface area (Å²) in [6.07, 6.45) is 5.45. The standard InChI is InChI=1S/C18H22N6O2/c1-11-8-16(25-3)19-10-15(11)21-18-20-9-14-12(2)23-24(17(14)22-18)13-4-6-26-7-5-13/h8-10,13H,4-7H2,1-3H3,(H,20,21,22). The highest BCUT2D eigenvalue weighted by atomic mass is 16.5. The Balaban J connectivity index is 1.68. The second-order valence-corrected chi connectivity index (χ2v) is 6.47. The molecule has 4 rings (SSSR count). The highest BCUT2D eigenvalue weighted by molar-refractivity contribution is 5.78. The topological polar surface area (TPSA) is 87.0 Å². The molecule has 26 heavy (non-hydrogen) atoms. The second-order valence-electron chi connectivity index (χ2n) is 6.47. The Morgan fingerprint density at radius 1 is 1.19 bits per heavy atom. The van der Waals surface area contributed by atoms with Crippen molar-refractivity contribution in [3.8, 4) is 5.88 Å². The summed E-state index contributed by atoms with van der Waals surface area (Å²) in [5.74, 6) is 1.11. The first kappa shape index (κ1) is 16.7. The van der Waals surface area contributed by atoms with E-state index < -0.39 is 0 Å². The number of anilines is 2. The van der Waals surface area contributed by atoms with Gasteiger partial charge < -0.3 is 14.8 Å². The van der Waals surface area contributed by atoms with Gasteiger partial charge in [-0.25, -0.2) is 14.6 Å². The first-order valence-corrected chi connectivity index (χ1v) is 8.73. The Bertz CT molecular complexity index is 933. The maximum Gasteiger partial charge on any atom is 0.229 e. The van der Waals surface area contributed by atoms with Crippen LogP contribution in [0.15, 0.2) is 18.5 Å². The molecule has 136 valence electrons. The van der Waals surface area contributed by atoms with Crippen LogP contribution in [0.4, 0.5) is 11.6 Å². The number of fused-ring (bicyclic) bond motifs is 1. The maximum absolute atomic E-state index is 5.47. The number of aromatic nitrogens is 5. The van der Waals surface area contributed by atoms with E-state index in [9.17, 15) is 0 Å². The van der Waals surface area contributed by atoms with Crippen LogP contribution in [0.5, 0.6) is 5.88 Å². The van der Waals surface area contributed by atoms with Gasteiger partial charge in [0.2, 0.25) is 11.8 Å². The van der Waals surface area contributed by atoms with Crippen molar-refractivity contribution in [2.24, 2.45) is 0 Å². The van der Waals surface area contributed by atoms with Crippen LogP contribution in [-0.2, 0) is 4.74 Å². The molecule has 1 fully saturated rings. The number of rotatable bonds is 4. The minimum Gasteiger partial charge on any atom is -0.481 e. The summed E-state index contributed by atoms with van der Waals surface area (Å²) in [6, 6.07) is 2.18. The van der Waals surface area contributed by atoms with Crippen LogP contribution in [0.3, 0.4) is 0 Å². The van der Waals surface area contributed by atoms with E-state index in [1.54, 1.807) is 13.3 Å². The third kappa shape index (κ3) is 3.08. The molecule has 0 atom stereocenters. The van der Waals surface area contributed by atoms with Crippen LogP contribution in [0.25, 0.3) is 11.0 Å². The fraction of sp³-hybridized carbons (Fsp3) is 0.444. The molecule has 1 aliphatic rings. The molecule has 3 aromatic rings. The maximum atomic E-state index is 5.47. The lowest BCUT2D eigenvalue weighted by molar-refractivity contribution is 0.0672. The van der Waals surface area contributed by atoms with E-state index in [4.69, 9.17) is 19.6 Å². The van der Waals surface area contributed by atoms with Gasteiger partial charge >= 0.3 is 0 Å². The van der Waals surface area contributed by atoms with Crippen LogP contribution in [0.2, 0.25) is 0 Å². The van der Waals surface area contributed by atoms with Gasteiger partial charge in [-0.3, -0.25) is 0 Å². The highest BCUT2D eigenvalue weighted by Gasteiger charge is 2.21. The highest BCUT2D eigenvalue weighted by Crippen LogP contribution is 2.27. The summed E-state index contributed by atoms with van der Waals surface area (Å²) in [6.45, 7) is 5.50. The molecule has 3 aromatic heterocycles. The quantitative estimate of drug-likeness (QED) is 0.771. The van der Waals surface area contributed by atoms with E-state index in [1.165, 1.54) is 0 Å². The Morgan fingerprint density at radius 2 is 2.00 bits per heavy atom. The second kappa shape index (κ2) is 6.87. The zero-order valence-electron chi connectivity index (χ0n) is 15.2. The number of hydrogen-bond acceptors (Lipinski definition) is 7. The Labute approximate surface area is 151 Å². The smallest absolute Gasteiger partial charge is 0.229 e. The van der Waals surface area contributed by atoms with E-state index in [-0.39, 0.29) is 0 Å². The summed E-state index contributed by atoms with van der Waals surface area (Å²) >= 11 is 0. The van der Waals surface area contributed by atoms with Crippen LogP contribution in [-0.4, -0.2) is 45.1 Å². The van der Waals surface area contributed by atoms with Crippen molar-refractivity contribution in [3.63, 3.8) is 0 Å². The summed E-state index contributed by atoms with van der Waals surface area (Å²) in [5, 5.41) is 8.93. The van der Waals surface area contributed by atoms with Crippen molar-refractivity contribution in [3.05, 3.63) is 29.7 Å². The molecule has 0 radical (unpaired) electrons. The minimum atomic E-state index is 0.312. The number of nitrogens with zero attached hydrogens (tertiary/aromatic N) is 5. The lowest BCUT2D eigenvalue weighted by Gasteiger charge is -2.22. The number of aryl methyl sites for hydroxylation is 2. The van der Waals surface area contributed by atoms with E-state index in [0.717, 1.165) is 54.0 Å². The first-order valence-electron chi connectivity index (χ1n) is 8.73. The normalized spacial score (nSPS) is 15.3. The number of pyridine rings is 1. The lowest BCUT2D eigenvalue weighted by Crippen LogP contribution is -2.20. The third-order valence-electron chi connectivity index (χ3n) is 4.71. The van der Waals surface area contributed by atoms with Gasteiger partial charge in [0, 0.05) is 25.5 Å². The molecule has 8 heteroatoms. The minimum absolute atomic E-state index is 0.312. The zero-order valence-corrected chi connectivity index (χ0v) is 15.2. The number of ether oxygens (including phenoxy) is 2. The van der Waals surface area contributed by atoms with Crippen molar-refractivity contribution >= 4 is 22.7 Å². The van der Waals surface area contributed by atoms with Gasteiger partial charge in [-0.05, 0) is 32.3 Å². The molecule has 0 aromatic carbocycles. The van der Waals surface area contributed by atoms with Gasteiger partial charge in [0.15, 0.2) is 5.65 Å². The third-order valence-corrected chi connectivity index (χ3v) is 4.71. The van der Waals surface area contributed by atoms with Crippen LogP contribution in [0.1, 0.15) is 30.1 Å². The van der Waals surface area contributed by atoms with Crippen molar-refractivity contribution in [2.45, 2.75) is 32.7 Å². The molecule has 0 amide bonds. The average molecular weight is 354 g/mol. The van der Waals surface area contributed by atoms with Gasteiger partial charge in [0.1, 0.15) is 0 Å². The van der Waals surface area contributed by atoms with E-state index in [0.29, 0.717) is 17.9 Å². The van der Waals surface area contributed by atoms with Gasteiger partial charge in [0.25, 0.3) is 0 Å². The Hall–Kier alpha value is -2.74. The molecule has 1 saturated heterocycles. The number of methoxy groups -OCH3 is 1. The van der Waals surface area contributed by atoms with Crippen molar-refractivity contribution < 1.29 is 9.47 Å². The molecule has 4 heterocycles. The molecule has 0 bridgehead atoms. The molecule has 0 unspecified atom stereocenters. The summed E-state index contributed by atoms with van der Waals surface area (Å²) < 4.78 is 12.6. The molecule has 8 nitrogen and oxygen atoms in total. The fourth-order valence-corrected chi connectivity index (χ4v) is 3.20. The SMILES string of the molecule is COc1cc(C)c(Nc2ncc3c(C)nn(C4CCOCC4)c3n2)cn1. The fourth-order valence-electron chi connectivity index (χ4n) is 3.20. The zero-order chi connectivity index (χ0) is 18.1. The Kier molecular flexibility index (Phi) is 4.42. The molecular formula is C18H22N6O2. The Morgan fingerprint density at radius 3 is 2.73 bits per heavy atom. The lowest BCUT2D eigenvalue weighted by atomic mass is 10.1. The predicted molar refractivity (Wildman–Crippen MR) is 98.0 cm³/mol.